The molecule has 0 N–H and O–H groups in total. The van der Waals surface area contributed by atoms with Gasteiger partial charge < -0.3 is 4.57 Å². The van der Waals surface area contributed by atoms with Gasteiger partial charge >= 0.3 is 0 Å². The molecule has 2 aromatic rings. The van der Waals surface area contributed by atoms with Gasteiger partial charge in [-0.2, -0.15) is 0 Å². The summed E-state index contributed by atoms with van der Waals surface area (Å²) in [6.45, 7) is 7.46. The molecule has 1 saturated heterocycles. The summed E-state index contributed by atoms with van der Waals surface area (Å²) in [6, 6.07) is 4.18. The van der Waals surface area contributed by atoms with Gasteiger partial charge in [-0.1, -0.05) is 20.8 Å². The number of aromatic nitrogens is 3. The third kappa shape index (κ3) is 3.87. The van der Waals surface area contributed by atoms with Crippen LogP contribution in [-0.2, 0) is 16.4 Å². The summed E-state index contributed by atoms with van der Waals surface area (Å²) in [7, 11) is -3.10. The lowest BCUT2D eigenvalue weighted by Gasteiger charge is -2.32. The highest BCUT2D eigenvalue weighted by Gasteiger charge is 2.30. The van der Waals surface area contributed by atoms with Crippen molar-refractivity contribution >= 4 is 21.2 Å². The molecule has 0 saturated carbocycles. The second kappa shape index (κ2) is 7.41. The lowest BCUT2D eigenvalue weighted by atomic mass is 10.1. The number of hydrogen-bond donors (Lipinski definition) is 0. The Hall–Kier alpha value is -1.47. The van der Waals surface area contributed by atoms with Crippen LogP contribution in [0, 0.1) is 5.92 Å². The Bertz CT molecular complexity index is 821. The molecule has 3 heterocycles. The molecule has 138 valence electrons. The van der Waals surface area contributed by atoms with Gasteiger partial charge in [-0.25, -0.2) is 22.7 Å². The van der Waals surface area contributed by atoms with Gasteiger partial charge in [0, 0.05) is 31.7 Å². The fourth-order valence-corrected chi connectivity index (χ4v) is 5.18. The average molecular weight is 365 g/mol. The van der Waals surface area contributed by atoms with Crippen molar-refractivity contribution in [3.8, 4) is 0 Å². The average Bonchev–Trinajstić information content (AvgIpc) is 2.92. The normalized spacial score (nSPS) is 17.6. The van der Waals surface area contributed by atoms with E-state index >= 15 is 0 Å². The Kier molecular flexibility index (Phi) is 5.43. The Balaban J connectivity index is 1.85. The van der Waals surface area contributed by atoms with E-state index in [-0.39, 0.29) is 11.8 Å². The fourth-order valence-electron chi connectivity index (χ4n) is 3.63. The molecule has 0 aromatic carbocycles. The third-order valence-electron chi connectivity index (χ3n) is 4.76. The van der Waals surface area contributed by atoms with E-state index in [1.165, 1.54) is 0 Å². The van der Waals surface area contributed by atoms with Crippen LogP contribution < -0.4 is 0 Å². The van der Waals surface area contributed by atoms with Crippen LogP contribution in [0.4, 0.5) is 0 Å². The van der Waals surface area contributed by atoms with Crippen molar-refractivity contribution in [3.05, 3.63) is 24.2 Å². The maximum absolute atomic E-state index is 12.3. The van der Waals surface area contributed by atoms with Crippen molar-refractivity contribution in [2.45, 2.75) is 52.5 Å². The van der Waals surface area contributed by atoms with Crippen LogP contribution in [0.3, 0.4) is 0 Å². The maximum atomic E-state index is 12.3. The molecule has 3 rings (SSSR count). The molecule has 0 aliphatic carbocycles. The predicted octanol–water partition coefficient (Wildman–Crippen LogP) is 3.01. The molecule has 0 bridgehead atoms. The van der Waals surface area contributed by atoms with Crippen LogP contribution in [0.2, 0.25) is 0 Å². The fraction of sp³-hybridized carbons (Fsp3) is 0.667. The highest BCUT2D eigenvalue weighted by atomic mass is 32.2. The van der Waals surface area contributed by atoms with Crippen molar-refractivity contribution in [2.75, 3.05) is 18.8 Å². The quantitative estimate of drug-likeness (QED) is 0.790. The minimum Gasteiger partial charge on any atom is -0.309 e. The zero-order chi connectivity index (χ0) is 18.0. The summed E-state index contributed by atoms with van der Waals surface area (Å²) in [5.41, 5.74) is 1.85. The Labute approximate surface area is 150 Å². The number of hydrogen-bond acceptors (Lipinski definition) is 4. The minimum atomic E-state index is -3.10. The largest absolute Gasteiger partial charge is 0.309 e. The lowest BCUT2D eigenvalue weighted by Crippen LogP contribution is -2.40. The molecular weight excluding hydrogens is 336 g/mol. The zero-order valence-electron chi connectivity index (χ0n) is 15.4. The highest BCUT2D eigenvalue weighted by Crippen LogP contribution is 2.30. The standard InChI is InChI=1S/C18H28N4O2S/c1-4-12-25(23,24)21-10-7-15(8-11-21)22-17(13-14(2)3)20-16-6-5-9-19-18(16)22/h5-6,9,14-15H,4,7-8,10-13H2,1-3H3. The second-order valence-electron chi connectivity index (χ2n) is 7.29. The van der Waals surface area contributed by atoms with E-state index < -0.39 is 10.0 Å². The van der Waals surface area contributed by atoms with Crippen molar-refractivity contribution in [2.24, 2.45) is 5.92 Å². The van der Waals surface area contributed by atoms with Crippen molar-refractivity contribution in [1.82, 2.24) is 18.8 Å². The van der Waals surface area contributed by atoms with Gasteiger partial charge in [0.2, 0.25) is 10.0 Å². The number of sulfonamides is 1. The van der Waals surface area contributed by atoms with Crippen LogP contribution in [0.15, 0.2) is 18.3 Å². The Morgan fingerprint density at radius 2 is 2.00 bits per heavy atom. The Morgan fingerprint density at radius 1 is 1.28 bits per heavy atom. The molecule has 0 spiro atoms. The smallest absolute Gasteiger partial charge is 0.214 e. The number of imidazole rings is 1. The van der Waals surface area contributed by atoms with Gasteiger partial charge in [-0.15, -0.1) is 0 Å². The van der Waals surface area contributed by atoms with Crippen LogP contribution in [0.5, 0.6) is 0 Å². The SMILES string of the molecule is CCCS(=O)(=O)N1CCC(n2c(CC(C)C)nc3cccnc32)CC1. The molecule has 0 amide bonds. The molecule has 6 nitrogen and oxygen atoms in total. The topological polar surface area (TPSA) is 68.1 Å². The number of piperidine rings is 1. The molecule has 0 atom stereocenters. The van der Waals surface area contributed by atoms with E-state index in [9.17, 15) is 8.42 Å². The van der Waals surface area contributed by atoms with E-state index in [1.54, 1.807) is 10.5 Å². The van der Waals surface area contributed by atoms with Crippen LogP contribution in [0.25, 0.3) is 11.2 Å². The lowest BCUT2D eigenvalue weighted by molar-refractivity contribution is 0.272. The first-order valence-corrected chi connectivity index (χ1v) is 10.8. The first-order valence-electron chi connectivity index (χ1n) is 9.22. The molecular formula is C18H28N4O2S. The van der Waals surface area contributed by atoms with Crippen LogP contribution in [0.1, 0.15) is 51.9 Å². The minimum absolute atomic E-state index is 0.242. The summed E-state index contributed by atoms with van der Waals surface area (Å²) in [4.78, 5) is 9.34. The van der Waals surface area contributed by atoms with Crippen LogP contribution >= 0.6 is 0 Å². The monoisotopic (exact) mass is 364 g/mol. The van der Waals surface area contributed by atoms with Crippen molar-refractivity contribution in [1.29, 1.82) is 0 Å². The summed E-state index contributed by atoms with van der Waals surface area (Å²) < 4.78 is 28.5. The van der Waals surface area contributed by atoms with E-state index in [0.717, 1.165) is 36.3 Å². The zero-order valence-corrected chi connectivity index (χ0v) is 16.2. The molecule has 1 aliphatic heterocycles. The van der Waals surface area contributed by atoms with E-state index in [1.807, 2.05) is 19.1 Å². The van der Waals surface area contributed by atoms with E-state index in [2.05, 4.69) is 23.4 Å². The van der Waals surface area contributed by atoms with E-state index in [0.29, 0.717) is 25.4 Å². The van der Waals surface area contributed by atoms with Crippen molar-refractivity contribution < 1.29 is 8.42 Å². The number of fused-ring (bicyclic) bond motifs is 1. The summed E-state index contributed by atoms with van der Waals surface area (Å²) in [5.74, 6) is 1.82. The molecule has 1 fully saturated rings. The van der Waals surface area contributed by atoms with Crippen molar-refractivity contribution in [3.63, 3.8) is 0 Å². The second-order valence-corrected chi connectivity index (χ2v) is 9.38. The van der Waals surface area contributed by atoms with Gasteiger partial charge in [0.05, 0.1) is 5.75 Å². The summed E-state index contributed by atoms with van der Waals surface area (Å²) in [5, 5.41) is 0. The molecule has 25 heavy (non-hydrogen) atoms. The first kappa shape index (κ1) is 18.3. The first-order chi connectivity index (χ1) is 11.9. The predicted molar refractivity (Wildman–Crippen MR) is 100.0 cm³/mol. The van der Waals surface area contributed by atoms with Gasteiger partial charge in [-0.05, 0) is 37.3 Å². The van der Waals surface area contributed by atoms with Gasteiger partial charge in [0.25, 0.3) is 0 Å². The molecule has 2 aromatic heterocycles. The highest BCUT2D eigenvalue weighted by molar-refractivity contribution is 7.89. The summed E-state index contributed by atoms with van der Waals surface area (Å²) in [6.07, 6.45) is 5.01. The number of rotatable bonds is 6. The van der Waals surface area contributed by atoms with E-state index in [4.69, 9.17) is 4.98 Å². The van der Waals surface area contributed by atoms with Gasteiger partial charge in [0.15, 0.2) is 5.65 Å². The number of nitrogens with zero attached hydrogens (tertiary/aromatic N) is 4. The molecule has 1 aliphatic rings. The van der Waals surface area contributed by atoms with Crippen LogP contribution in [-0.4, -0.2) is 46.1 Å². The third-order valence-corrected chi connectivity index (χ3v) is 6.83. The molecule has 7 heteroatoms. The maximum Gasteiger partial charge on any atom is 0.214 e. The molecule has 0 radical (unpaired) electrons. The Morgan fingerprint density at radius 3 is 2.64 bits per heavy atom. The summed E-state index contributed by atoms with van der Waals surface area (Å²) >= 11 is 0. The number of pyridine rings is 1. The van der Waals surface area contributed by atoms with Gasteiger partial charge in [-0.3, -0.25) is 0 Å². The van der Waals surface area contributed by atoms with Gasteiger partial charge in [0.1, 0.15) is 11.3 Å². The molecule has 0 unspecified atom stereocenters.